The van der Waals surface area contributed by atoms with E-state index >= 15 is 0 Å². The molecule has 1 aliphatic rings. The molecule has 1 amide bonds. The minimum absolute atomic E-state index is 0.181. The van der Waals surface area contributed by atoms with Gasteiger partial charge in [0.1, 0.15) is 0 Å². The monoisotopic (exact) mass is 405 g/mol. The van der Waals surface area contributed by atoms with Crippen molar-refractivity contribution in [3.8, 4) is 0 Å². The van der Waals surface area contributed by atoms with Gasteiger partial charge in [-0.05, 0) is 48.1 Å². The zero-order valence-corrected chi connectivity index (χ0v) is 17.0. The summed E-state index contributed by atoms with van der Waals surface area (Å²) in [5.74, 6) is 0.597. The molecule has 0 bridgehead atoms. The molecule has 0 aliphatic carbocycles. The first-order valence-corrected chi connectivity index (χ1v) is 11.0. The number of amides is 1. The van der Waals surface area contributed by atoms with E-state index in [0.717, 1.165) is 48.7 Å². The quantitative estimate of drug-likeness (QED) is 0.570. The van der Waals surface area contributed by atoms with E-state index in [2.05, 4.69) is 22.9 Å². The van der Waals surface area contributed by atoms with Crippen molar-refractivity contribution < 1.29 is 4.79 Å². The van der Waals surface area contributed by atoms with Crippen molar-refractivity contribution in [1.82, 2.24) is 14.5 Å². The van der Waals surface area contributed by atoms with Crippen LogP contribution >= 0.6 is 34.7 Å². The molecule has 0 N–H and O–H groups in total. The average Bonchev–Trinajstić information content (AvgIpc) is 3.23. The first-order chi connectivity index (χ1) is 12.7. The van der Waals surface area contributed by atoms with Crippen LogP contribution in [0.25, 0.3) is 11.0 Å². The number of carbonyl (C=O) groups is 1. The second kappa shape index (κ2) is 7.62. The Hall–Kier alpha value is -1.50. The number of fused-ring (bicyclic) bond motifs is 2. The molecule has 136 valence electrons. The molecule has 3 heterocycles. The number of carbonyl (C=O) groups excluding carboxylic acids is 1. The van der Waals surface area contributed by atoms with E-state index in [1.54, 1.807) is 11.3 Å². The van der Waals surface area contributed by atoms with Crippen molar-refractivity contribution in [2.75, 3.05) is 12.3 Å². The molecule has 0 spiro atoms. The maximum absolute atomic E-state index is 12.7. The maximum atomic E-state index is 12.7. The van der Waals surface area contributed by atoms with Crippen molar-refractivity contribution in [1.29, 1.82) is 0 Å². The van der Waals surface area contributed by atoms with Gasteiger partial charge in [0.25, 0.3) is 0 Å². The van der Waals surface area contributed by atoms with Gasteiger partial charge in [0.15, 0.2) is 5.16 Å². The molecule has 3 aromatic rings. The molecule has 7 heteroatoms. The fraction of sp³-hybridized carbons (Fsp3) is 0.368. The van der Waals surface area contributed by atoms with E-state index in [1.807, 2.05) is 23.1 Å². The van der Waals surface area contributed by atoms with Crippen LogP contribution in [0.3, 0.4) is 0 Å². The normalized spacial score (nSPS) is 14.0. The molecular weight excluding hydrogens is 386 g/mol. The number of halogens is 1. The van der Waals surface area contributed by atoms with E-state index in [4.69, 9.17) is 16.6 Å². The number of aromatic nitrogens is 2. The van der Waals surface area contributed by atoms with Crippen LogP contribution in [0.1, 0.15) is 23.8 Å². The van der Waals surface area contributed by atoms with E-state index in [0.29, 0.717) is 10.8 Å². The van der Waals surface area contributed by atoms with Crippen molar-refractivity contribution in [2.45, 2.75) is 38.0 Å². The van der Waals surface area contributed by atoms with Gasteiger partial charge in [0.05, 0.1) is 16.8 Å². The summed E-state index contributed by atoms with van der Waals surface area (Å²) < 4.78 is 2.19. The highest BCUT2D eigenvalue weighted by Gasteiger charge is 2.22. The molecule has 0 unspecified atom stereocenters. The summed E-state index contributed by atoms with van der Waals surface area (Å²) >= 11 is 9.42. The van der Waals surface area contributed by atoms with E-state index in [1.165, 1.54) is 22.2 Å². The summed E-state index contributed by atoms with van der Waals surface area (Å²) in [4.78, 5) is 20.8. The Morgan fingerprint density at radius 1 is 1.38 bits per heavy atom. The summed E-state index contributed by atoms with van der Waals surface area (Å²) in [7, 11) is 0. The first-order valence-electron chi connectivity index (χ1n) is 8.77. The molecule has 1 aromatic carbocycles. The van der Waals surface area contributed by atoms with Gasteiger partial charge in [-0.3, -0.25) is 4.79 Å². The molecule has 1 aliphatic heterocycles. The smallest absolute Gasteiger partial charge is 0.233 e. The van der Waals surface area contributed by atoms with E-state index in [-0.39, 0.29) is 5.91 Å². The van der Waals surface area contributed by atoms with Crippen molar-refractivity contribution >= 4 is 51.6 Å². The Kier molecular flexibility index (Phi) is 5.25. The second-order valence-electron chi connectivity index (χ2n) is 6.40. The summed E-state index contributed by atoms with van der Waals surface area (Å²) in [6.07, 6.45) is 1.99. The lowest BCUT2D eigenvalue weighted by Gasteiger charge is -2.26. The topological polar surface area (TPSA) is 38.1 Å². The number of hydrogen-bond acceptors (Lipinski definition) is 4. The van der Waals surface area contributed by atoms with Gasteiger partial charge in [-0.25, -0.2) is 4.98 Å². The Morgan fingerprint density at radius 3 is 3.12 bits per heavy atom. The van der Waals surface area contributed by atoms with Gasteiger partial charge in [-0.2, -0.15) is 0 Å². The number of rotatable bonds is 5. The lowest BCUT2D eigenvalue weighted by Crippen LogP contribution is -2.36. The van der Waals surface area contributed by atoms with Gasteiger partial charge in [0, 0.05) is 29.5 Å². The molecule has 2 aromatic heterocycles. The highest BCUT2D eigenvalue weighted by molar-refractivity contribution is 7.99. The molecule has 4 nitrogen and oxygen atoms in total. The predicted octanol–water partition coefficient (Wildman–Crippen LogP) is 4.84. The third kappa shape index (κ3) is 3.50. The van der Waals surface area contributed by atoms with Crippen LogP contribution in [-0.4, -0.2) is 32.7 Å². The van der Waals surface area contributed by atoms with E-state index in [9.17, 15) is 4.79 Å². The van der Waals surface area contributed by atoms with Crippen LogP contribution in [0, 0.1) is 0 Å². The number of imidazole rings is 1. The van der Waals surface area contributed by atoms with Crippen LogP contribution < -0.4 is 0 Å². The molecular formula is C19H20ClN3OS2. The van der Waals surface area contributed by atoms with Crippen molar-refractivity contribution in [3.63, 3.8) is 0 Å². The SMILES string of the molecule is CCCn1c(SCC(=O)N2CCc3sccc3C2)nc2cc(Cl)ccc21. The third-order valence-electron chi connectivity index (χ3n) is 4.61. The van der Waals surface area contributed by atoms with Gasteiger partial charge in [-0.1, -0.05) is 30.3 Å². The largest absolute Gasteiger partial charge is 0.337 e. The molecule has 0 fully saturated rings. The second-order valence-corrected chi connectivity index (χ2v) is 8.78. The number of nitrogens with zero attached hydrogens (tertiary/aromatic N) is 3. The standard InChI is InChI=1S/C19H20ClN3OS2/c1-2-7-23-16-4-3-14(20)10-15(16)21-19(23)26-12-18(24)22-8-5-17-13(11-22)6-9-25-17/h3-4,6,9-10H,2,5,7-8,11-12H2,1H3. The minimum atomic E-state index is 0.181. The summed E-state index contributed by atoms with van der Waals surface area (Å²) in [6, 6.07) is 7.92. The Labute approximate surface area is 166 Å². The lowest BCUT2D eigenvalue weighted by atomic mass is 10.1. The average molecular weight is 406 g/mol. The molecule has 0 atom stereocenters. The first kappa shape index (κ1) is 17.9. The number of aryl methyl sites for hydroxylation is 1. The van der Waals surface area contributed by atoms with Gasteiger partial charge < -0.3 is 9.47 Å². The molecule has 4 rings (SSSR count). The fourth-order valence-corrected chi connectivity index (χ4v) is 5.31. The summed E-state index contributed by atoms with van der Waals surface area (Å²) in [5.41, 5.74) is 3.27. The minimum Gasteiger partial charge on any atom is -0.337 e. The highest BCUT2D eigenvalue weighted by atomic mass is 35.5. The lowest BCUT2D eigenvalue weighted by molar-refractivity contribution is -0.129. The predicted molar refractivity (Wildman–Crippen MR) is 109 cm³/mol. The zero-order valence-electron chi connectivity index (χ0n) is 14.6. The van der Waals surface area contributed by atoms with Crippen molar-refractivity contribution in [2.24, 2.45) is 0 Å². The Morgan fingerprint density at radius 2 is 2.27 bits per heavy atom. The third-order valence-corrected chi connectivity index (χ3v) is 6.83. The van der Waals surface area contributed by atoms with Gasteiger partial charge >= 0.3 is 0 Å². The van der Waals surface area contributed by atoms with Crippen LogP contribution in [0.15, 0.2) is 34.8 Å². The number of thiophene rings is 1. The summed E-state index contributed by atoms with van der Waals surface area (Å²) in [6.45, 7) is 4.58. The summed E-state index contributed by atoms with van der Waals surface area (Å²) in [5, 5.41) is 3.70. The van der Waals surface area contributed by atoms with Crippen LogP contribution in [0.4, 0.5) is 0 Å². The molecule has 0 saturated carbocycles. The number of benzene rings is 1. The Balaban J connectivity index is 1.49. The van der Waals surface area contributed by atoms with Gasteiger partial charge in [-0.15, -0.1) is 11.3 Å². The number of hydrogen-bond donors (Lipinski definition) is 0. The molecule has 0 saturated heterocycles. The molecule has 26 heavy (non-hydrogen) atoms. The highest BCUT2D eigenvalue weighted by Crippen LogP contribution is 2.28. The maximum Gasteiger partial charge on any atom is 0.233 e. The van der Waals surface area contributed by atoms with Gasteiger partial charge in [0.2, 0.25) is 5.91 Å². The van der Waals surface area contributed by atoms with Crippen LogP contribution in [-0.2, 0) is 24.3 Å². The molecule has 0 radical (unpaired) electrons. The van der Waals surface area contributed by atoms with Crippen LogP contribution in [0.2, 0.25) is 5.02 Å². The van der Waals surface area contributed by atoms with E-state index < -0.39 is 0 Å². The number of thioether (sulfide) groups is 1. The zero-order chi connectivity index (χ0) is 18.1. The Bertz CT molecular complexity index is 950. The fourth-order valence-electron chi connectivity index (χ4n) is 3.31. The van der Waals surface area contributed by atoms with Crippen LogP contribution in [0.5, 0.6) is 0 Å². The van der Waals surface area contributed by atoms with Crippen molar-refractivity contribution in [3.05, 3.63) is 45.1 Å².